The third kappa shape index (κ3) is 2.84. The van der Waals surface area contributed by atoms with E-state index in [1.165, 1.54) is 7.05 Å². The summed E-state index contributed by atoms with van der Waals surface area (Å²) in [6.45, 7) is 2.14. The number of H-pyrrole nitrogens is 1. The second-order valence-corrected chi connectivity index (χ2v) is 5.66. The summed E-state index contributed by atoms with van der Waals surface area (Å²) in [5.74, 6) is -0.0587. The van der Waals surface area contributed by atoms with Crippen LogP contribution in [-0.4, -0.2) is 45.2 Å². The van der Waals surface area contributed by atoms with E-state index in [0.717, 1.165) is 4.68 Å². The van der Waals surface area contributed by atoms with Gasteiger partial charge in [0.25, 0.3) is 10.0 Å². The highest BCUT2D eigenvalue weighted by molar-refractivity contribution is 9.10. The lowest BCUT2D eigenvalue weighted by molar-refractivity contribution is 0.314. The maximum atomic E-state index is 12.1. The van der Waals surface area contributed by atoms with Crippen molar-refractivity contribution < 1.29 is 13.2 Å². The van der Waals surface area contributed by atoms with Gasteiger partial charge in [0.1, 0.15) is 0 Å². The molecule has 2 rings (SSSR count). The molecule has 0 aliphatic heterocycles. The van der Waals surface area contributed by atoms with E-state index in [1.54, 1.807) is 6.92 Å². The summed E-state index contributed by atoms with van der Waals surface area (Å²) in [5, 5.41) is 13.2. The molecule has 12 heteroatoms. The Morgan fingerprint density at radius 3 is 2.84 bits per heavy atom. The van der Waals surface area contributed by atoms with Crippen molar-refractivity contribution in [3.63, 3.8) is 0 Å². The topological polar surface area (TPSA) is 128 Å². The largest absolute Gasteiger partial charge is 0.463 e. The molecule has 0 saturated heterocycles. The number of aryl methyl sites for hydroxylation is 1. The molecule has 0 aromatic carbocycles. The molecule has 0 spiro atoms. The predicted octanol–water partition coefficient (Wildman–Crippen LogP) is -0.105. The molecule has 19 heavy (non-hydrogen) atoms. The zero-order valence-electron chi connectivity index (χ0n) is 9.95. The van der Waals surface area contributed by atoms with Crippen molar-refractivity contribution in [2.75, 3.05) is 11.3 Å². The van der Waals surface area contributed by atoms with E-state index in [2.05, 4.69) is 46.1 Å². The normalized spacial score (nSPS) is 11.5. The monoisotopic (exact) mass is 351 g/mol. The average molecular weight is 352 g/mol. The van der Waals surface area contributed by atoms with Crippen LogP contribution in [0.15, 0.2) is 9.63 Å². The van der Waals surface area contributed by atoms with Gasteiger partial charge in [0, 0.05) is 7.05 Å². The van der Waals surface area contributed by atoms with Crippen LogP contribution in [0.3, 0.4) is 0 Å². The molecule has 0 aliphatic carbocycles. The number of anilines is 1. The zero-order valence-corrected chi connectivity index (χ0v) is 12.4. The summed E-state index contributed by atoms with van der Waals surface area (Å²) in [6, 6.07) is 0.0578. The Bertz CT molecular complexity index is 659. The van der Waals surface area contributed by atoms with Crippen molar-refractivity contribution >= 4 is 31.9 Å². The van der Waals surface area contributed by atoms with Gasteiger partial charge >= 0.3 is 6.01 Å². The Kier molecular flexibility index (Phi) is 3.71. The minimum absolute atomic E-state index is 0.0578. The highest BCUT2D eigenvalue weighted by Crippen LogP contribution is 2.20. The molecule has 0 atom stereocenters. The lowest BCUT2D eigenvalue weighted by Crippen LogP contribution is -2.18. The molecule has 0 aliphatic rings. The van der Waals surface area contributed by atoms with E-state index in [4.69, 9.17) is 4.74 Å². The minimum atomic E-state index is -3.88. The lowest BCUT2D eigenvalue weighted by Gasteiger charge is -2.04. The number of ether oxygens (including phenoxy) is 1. The van der Waals surface area contributed by atoms with E-state index in [0.29, 0.717) is 6.61 Å². The molecule has 0 amide bonds. The van der Waals surface area contributed by atoms with Crippen LogP contribution in [-0.2, 0) is 17.1 Å². The van der Waals surface area contributed by atoms with Crippen LogP contribution >= 0.6 is 15.9 Å². The van der Waals surface area contributed by atoms with Crippen molar-refractivity contribution in [2.24, 2.45) is 7.05 Å². The van der Waals surface area contributed by atoms with Gasteiger partial charge in [-0.05, 0) is 22.9 Å². The van der Waals surface area contributed by atoms with E-state index in [1.807, 2.05) is 0 Å². The minimum Gasteiger partial charge on any atom is -0.463 e. The molecular formula is C7H10BrN7O3S. The van der Waals surface area contributed by atoms with Crippen LogP contribution in [0.25, 0.3) is 0 Å². The molecule has 2 aromatic rings. The molecule has 2 N–H and O–H groups in total. The molecule has 0 bridgehead atoms. The number of aromatic nitrogens is 6. The van der Waals surface area contributed by atoms with E-state index >= 15 is 0 Å². The highest BCUT2D eigenvalue weighted by Gasteiger charge is 2.25. The Balaban J connectivity index is 2.26. The van der Waals surface area contributed by atoms with Crippen molar-refractivity contribution in [2.45, 2.75) is 11.9 Å². The quantitative estimate of drug-likeness (QED) is 0.769. The summed E-state index contributed by atoms with van der Waals surface area (Å²) >= 11 is 3.01. The number of nitrogens with one attached hydrogen (secondary N) is 2. The van der Waals surface area contributed by atoms with Gasteiger partial charge in [-0.3, -0.25) is 0 Å². The van der Waals surface area contributed by atoms with Crippen molar-refractivity contribution in [1.82, 2.24) is 30.2 Å². The van der Waals surface area contributed by atoms with Gasteiger partial charge in [0.05, 0.1) is 6.61 Å². The fraction of sp³-hybridized carbons (Fsp3) is 0.429. The van der Waals surface area contributed by atoms with Gasteiger partial charge in [0.15, 0.2) is 4.60 Å². The summed E-state index contributed by atoms with van der Waals surface area (Å²) in [4.78, 5) is 3.81. The number of nitrogens with zero attached hydrogens (tertiary/aromatic N) is 5. The number of sulfonamides is 1. The first-order valence-corrected chi connectivity index (χ1v) is 7.35. The first kappa shape index (κ1) is 13.7. The Hall–Kier alpha value is -1.69. The van der Waals surface area contributed by atoms with Gasteiger partial charge in [-0.25, -0.2) is 14.5 Å². The van der Waals surface area contributed by atoms with E-state index in [-0.39, 0.29) is 21.6 Å². The Labute approximate surface area is 116 Å². The first-order chi connectivity index (χ1) is 8.94. The molecule has 104 valence electrons. The van der Waals surface area contributed by atoms with Crippen LogP contribution in [0.5, 0.6) is 6.01 Å². The maximum Gasteiger partial charge on any atom is 0.337 e. The average Bonchev–Trinajstić information content (AvgIpc) is 2.86. The number of rotatable bonds is 5. The van der Waals surface area contributed by atoms with Crippen LogP contribution in [0.2, 0.25) is 0 Å². The summed E-state index contributed by atoms with van der Waals surface area (Å²) in [6.07, 6.45) is 0. The SMILES string of the molecule is CCOc1n[nH]c(NS(=O)(=O)c2c(Br)nnn2C)n1. The van der Waals surface area contributed by atoms with Crippen molar-refractivity contribution in [1.29, 1.82) is 0 Å². The number of halogens is 1. The summed E-state index contributed by atoms with van der Waals surface area (Å²) < 4.78 is 32.6. The van der Waals surface area contributed by atoms with Gasteiger partial charge in [0.2, 0.25) is 11.0 Å². The zero-order chi connectivity index (χ0) is 14.0. The number of aromatic amines is 1. The molecule has 0 saturated carbocycles. The molecule has 0 fully saturated rings. The van der Waals surface area contributed by atoms with Gasteiger partial charge in [-0.15, -0.1) is 10.2 Å². The highest BCUT2D eigenvalue weighted by atomic mass is 79.9. The van der Waals surface area contributed by atoms with Crippen molar-refractivity contribution in [3.05, 3.63) is 4.60 Å². The predicted molar refractivity (Wildman–Crippen MR) is 67.1 cm³/mol. The molecule has 10 nitrogen and oxygen atoms in total. The second kappa shape index (κ2) is 5.13. The standard InChI is InChI=1S/C7H10BrN7O3S/c1-3-18-7-9-6(11-12-7)13-19(16,17)5-4(8)10-14-15(5)2/h3H2,1-2H3,(H2,9,11,12,13). The fourth-order valence-electron chi connectivity index (χ4n) is 1.27. The maximum absolute atomic E-state index is 12.1. The third-order valence-electron chi connectivity index (χ3n) is 1.96. The molecule has 0 unspecified atom stereocenters. The van der Waals surface area contributed by atoms with E-state index in [9.17, 15) is 8.42 Å². The second-order valence-electron chi connectivity index (χ2n) is 3.31. The summed E-state index contributed by atoms with van der Waals surface area (Å²) in [7, 11) is -2.42. The first-order valence-electron chi connectivity index (χ1n) is 5.07. The van der Waals surface area contributed by atoms with Crippen molar-refractivity contribution in [3.8, 4) is 6.01 Å². The molecule has 0 radical (unpaired) electrons. The van der Waals surface area contributed by atoms with Crippen LogP contribution in [0, 0.1) is 0 Å². The van der Waals surface area contributed by atoms with Gasteiger partial charge in [-0.1, -0.05) is 5.21 Å². The summed E-state index contributed by atoms with van der Waals surface area (Å²) in [5.41, 5.74) is 0. The van der Waals surface area contributed by atoms with E-state index < -0.39 is 10.0 Å². The van der Waals surface area contributed by atoms with Crippen LogP contribution in [0.1, 0.15) is 6.92 Å². The molecular weight excluding hydrogens is 342 g/mol. The molecule has 2 heterocycles. The van der Waals surface area contributed by atoms with Gasteiger partial charge in [-0.2, -0.15) is 13.4 Å². The lowest BCUT2D eigenvalue weighted by atomic mass is 10.9. The smallest absolute Gasteiger partial charge is 0.337 e. The third-order valence-corrected chi connectivity index (χ3v) is 4.19. The van der Waals surface area contributed by atoms with Crippen LogP contribution in [0.4, 0.5) is 5.95 Å². The number of hydrogen-bond acceptors (Lipinski definition) is 7. The fourth-order valence-corrected chi connectivity index (χ4v) is 3.33. The Morgan fingerprint density at radius 1 is 1.53 bits per heavy atom. The Morgan fingerprint density at radius 2 is 2.26 bits per heavy atom. The molecule has 2 aromatic heterocycles. The van der Waals surface area contributed by atoms with Gasteiger partial charge < -0.3 is 4.74 Å². The number of hydrogen-bond donors (Lipinski definition) is 2. The van der Waals surface area contributed by atoms with Crippen LogP contribution < -0.4 is 9.46 Å².